The fraction of sp³-hybridized carbons (Fsp3) is 0.875. The van der Waals surface area contributed by atoms with Crippen LogP contribution in [0.25, 0.3) is 0 Å². The molecule has 0 aromatic rings. The number of amides is 1. The molecule has 10 heteroatoms. The van der Waals surface area contributed by atoms with E-state index in [0.717, 1.165) is 0 Å². The lowest BCUT2D eigenvalue weighted by Gasteiger charge is -2.40. The van der Waals surface area contributed by atoms with E-state index in [9.17, 15) is 33.3 Å². The average molecular weight is 275 g/mol. The van der Waals surface area contributed by atoms with Crippen LogP contribution in [-0.4, -0.2) is 69.8 Å². The number of alkyl halides is 3. The summed E-state index contributed by atoms with van der Waals surface area (Å²) in [7, 11) is 0. The zero-order valence-corrected chi connectivity index (χ0v) is 8.83. The number of halogens is 3. The van der Waals surface area contributed by atoms with Crippen LogP contribution in [0.2, 0.25) is 0 Å². The molecule has 1 aliphatic heterocycles. The van der Waals surface area contributed by atoms with Gasteiger partial charge in [0.05, 0.1) is 6.61 Å². The molecule has 0 radical (unpaired) electrons. The zero-order valence-electron chi connectivity index (χ0n) is 8.83. The molecular weight excluding hydrogens is 263 g/mol. The molecule has 0 spiro atoms. The van der Waals surface area contributed by atoms with Crippen molar-refractivity contribution in [1.82, 2.24) is 5.32 Å². The number of aliphatic hydroxyl groups excluding tert-OH is 4. The highest BCUT2D eigenvalue weighted by Gasteiger charge is 2.48. The standard InChI is InChI=1S/C8H12F3NO6/c9-8(10,11)7(17)12-3-5(15)4(14)2(1-13)18-6(3)16/h2-6,13-16H,1H2,(H,12,17)/t2-,3-,4-,5-,6+/m1/s1. The first-order chi connectivity index (χ1) is 8.18. The average Bonchev–Trinajstić information content (AvgIpc) is 2.27. The Morgan fingerprint density at radius 1 is 1.22 bits per heavy atom. The molecule has 0 aromatic heterocycles. The van der Waals surface area contributed by atoms with Crippen LogP contribution in [0.4, 0.5) is 13.2 Å². The van der Waals surface area contributed by atoms with Gasteiger partial charge in [0.15, 0.2) is 6.29 Å². The van der Waals surface area contributed by atoms with Gasteiger partial charge in [-0.15, -0.1) is 0 Å². The van der Waals surface area contributed by atoms with Crippen molar-refractivity contribution >= 4 is 5.91 Å². The number of ether oxygens (including phenoxy) is 1. The molecule has 7 nitrogen and oxygen atoms in total. The summed E-state index contributed by atoms with van der Waals surface area (Å²) in [6.45, 7) is -0.755. The lowest BCUT2D eigenvalue weighted by Crippen LogP contribution is -2.65. The second-order valence-corrected chi connectivity index (χ2v) is 3.73. The minimum atomic E-state index is -5.20. The van der Waals surface area contributed by atoms with Crippen LogP contribution in [0.3, 0.4) is 0 Å². The molecular formula is C8H12F3NO6. The Balaban J connectivity index is 2.74. The SMILES string of the molecule is O=C(N[C@@H]1[C@@H](O)[C@H](O)[C@@H](CO)O[C@@H]1O)C(F)(F)F. The van der Waals surface area contributed by atoms with Gasteiger partial charge in [0.2, 0.25) is 0 Å². The van der Waals surface area contributed by atoms with Crippen LogP contribution in [0.15, 0.2) is 0 Å². The van der Waals surface area contributed by atoms with Crippen molar-refractivity contribution in [2.24, 2.45) is 0 Å². The second-order valence-electron chi connectivity index (χ2n) is 3.73. The number of carbonyl (C=O) groups excluding carboxylic acids is 1. The van der Waals surface area contributed by atoms with Gasteiger partial charge in [0.1, 0.15) is 24.4 Å². The Morgan fingerprint density at radius 3 is 2.22 bits per heavy atom. The van der Waals surface area contributed by atoms with E-state index in [4.69, 9.17) is 5.11 Å². The van der Waals surface area contributed by atoms with Gasteiger partial charge in [-0.3, -0.25) is 4.79 Å². The molecule has 1 heterocycles. The van der Waals surface area contributed by atoms with Crippen LogP contribution in [-0.2, 0) is 9.53 Å². The smallest absolute Gasteiger partial charge is 0.394 e. The van der Waals surface area contributed by atoms with Crippen molar-refractivity contribution in [2.45, 2.75) is 36.8 Å². The molecule has 1 fully saturated rings. The van der Waals surface area contributed by atoms with Gasteiger partial charge < -0.3 is 30.5 Å². The topological polar surface area (TPSA) is 119 Å². The van der Waals surface area contributed by atoms with Gasteiger partial charge >= 0.3 is 12.1 Å². The number of hydrogen-bond donors (Lipinski definition) is 5. The minimum absolute atomic E-state index is 0.755. The van der Waals surface area contributed by atoms with E-state index < -0.39 is 49.3 Å². The third kappa shape index (κ3) is 3.09. The highest BCUT2D eigenvalue weighted by Crippen LogP contribution is 2.21. The molecule has 0 unspecified atom stereocenters. The first-order valence-corrected chi connectivity index (χ1v) is 4.86. The van der Waals surface area contributed by atoms with Crippen LogP contribution in [0.5, 0.6) is 0 Å². The first-order valence-electron chi connectivity index (χ1n) is 4.86. The molecule has 5 atom stereocenters. The van der Waals surface area contributed by atoms with Gasteiger partial charge in [-0.25, -0.2) is 0 Å². The number of hydrogen-bond acceptors (Lipinski definition) is 6. The Labute approximate surface area is 98.8 Å². The van der Waals surface area contributed by atoms with Crippen molar-refractivity contribution in [3.8, 4) is 0 Å². The molecule has 0 aromatic carbocycles. The highest BCUT2D eigenvalue weighted by atomic mass is 19.4. The van der Waals surface area contributed by atoms with Crippen LogP contribution in [0, 0.1) is 0 Å². The normalized spacial score (nSPS) is 37.4. The monoisotopic (exact) mass is 275 g/mol. The molecule has 1 amide bonds. The molecule has 1 aliphatic rings. The molecule has 0 saturated carbocycles. The van der Waals surface area contributed by atoms with E-state index >= 15 is 0 Å². The summed E-state index contributed by atoms with van der Waals surface area (Å²) in [6, 6.07) is -1.85. The largest absolute Gasteiger partial charge is 0.471 e. The van der Waals surface area contributed by atoms with Gasteiger partial charge in [-0.2, -0.15) is 13.2 Å². The summed E-state index contributed by atoms with van der Waals surface area (Å²) in [6.07, 6.45) is -12.2. The summed E-state index contributed by atoms with van der Waals surface area (Å²) < 4.78 is 40.5. The maximum absolute atomic E-state index is 12.0. The Bertz CT molecular complexity index is 312. The van der Waals surface area contributed by atoms with Gasteiger partial charge in [-0.05, 0) is 0 Å². The maximum atomic E-state index is 12.0. The number of nitrogens with one attached hydrogen (secondary N) is 1. The summed E-state index contributed by atoms with van der Waals surface area (Å²) in [5.74, 6) is -2.39. The van der Waals surface area contributed by atoms with E-state index in [1.807, 2.05) is 0 Å². The fourth-order valence-electron chi connectivity index (χ4n) is 1.49. The third-order valence-corrected chi connectivity index (χ3v) is 2.46. The lowest BCUT2D eigenvalue weighted by molar-refractivity contribution is -0.256. The van der Waals surface area contributed by atoms with Crippen LogP contribution in [0.1, 0.15) is 0 Å². The summed E-state index contributed by atoms with van der Waals surface area (Å²) in [5, 5.41) is 38.1. The second kappa shape index (κ2) is 5.36. The van der Waals surface area contributed by atoms with E-state index in [2.05, 4.69) is 4.74 Å². The van der Waals surface area contributed by atoms with E-state index in [-0.39, 0.29) is 0 Å². The molecule has 0 bridgehead atoms. The Kier molecular flexibility index (Phi) is 4.50. The number of carbonyl (C=O) groups is 1. The van der Waals surface area contributed by atoms with Gasteiger partial charge in [0, 0.05) is 0 Å². The van der Waals surface area contributed by atoms with Gasteiger partial charge in [-0.1, -0.05) is 0 Å². The number of aliphatic hydroxyl groups is 4. The molecule has 5 N–H and O–H groups in total. The highest BCUT2D eigenvalue weighted by molar-refractivity contribution is 5.82. The van der Waals surface area contributed by atoms with Gasteiger partial charge in [0.25, 0.3) is 0 Å². The summed E-state index contributed by atoms with van der Waals surface area (Å²) >= 11 is 0. The van der Waals surface area contributed by atoms with E-state index in [1.165, 1.54) is 5.32 Å². The van der Waals surface area contributed by atoms with Crippen LogP contribution < -0.4 is 5.32 Å². The quantitative estimate of drug-likeness (QED) is 0.379. The minimum Gasteiger partial charge on any atom is -0.394 e. The van der Waals surface area contributed by atoms with E-state index in [0.29, 0.717) is 0 Å². The molecule has 0 aliphatic carbocycles. The molecule has 106 valence electrons. The summed E-state index contributed by atoms with van der Waals surface area (Å²) in [4.78, 5) is 10.6. The predicted molar refractivity (Wildman–Crippen MR) is 48.0 cm³/mol. The Hall–Kier alpha value is -0.940. The van der Waals surface area contributed by atoms with Crippen molar-refractivity contribution in [3.05, 3.63) is 0 Å². The molecule has 1 saturated heterocycles. The lowest BCUT2D eigenvalue weighted by atomic mass is 9.97. The van der Waals surface area contributed by atoms with Crippen LogP contribution >= 0.6 is 0 Å². The fourth-order valence-corrected chi connectivity index (χ4v) is 1.49. The number of rotatable bonds is 2. The predicted octanol–water partition coefficient (Wildman–Crippen LogP) is -2.54. The third-order valence-electron chi connectivity index (χ3n) is 2.46. The molecule has 1 rings (SSSR count). The maximum Gasteiger partial charge on any atom is 0.471 e. The van der Waals surface area contributed by atoms with Crippen molar-refractivity contribution < 1.29 is 43.1 Å². The van der Waals surface area contributed by atoms with Crippen molar-refractivity contribution in [2.75, 3.05) is 6.61 Å². The van der Waals surface area contributed by atoms with Crippen molar-refractivity contribution in [1.29, 1.82) is 0 Å². The Morgan fingerprint density at radius 2 is 1.78 bits per heavy atom. The zero-order chi connectivity index (χ0) is 14.1. The van der Waals surface area contributed by atoms with Crippen molar-refractivity contribution in [3.63, 3.8) is 0 Å². The molecule has 18 heavy (non-hydrogen) atoms. The first kappa shape index (κ1) is 15.1. The summed E-state index contributed by atoms with van der Waals surface area (Å²) in [5.41, 5.74) is 0. The van der Waals surface area contributed by atoms with E-state index in [1.54, 1.807) is 0 Å².